The maximum Gasteiger partial charge on any atom is 0.231 e. The van der Waals surface area contributed by atoms with Gasteiger partial charge in [-0.3, -0.25) is 9.78 Å². The van der Waals surface area contributed by atoms with Gasteiger partial charge in [0.1, 0.15) is 0 Å². The zero-order valence-corrected chi connectivity index (χ0v) is 14.8. The molecule has 0 radical (unpaired) electrons. The molecule has 0 bridgehead atoms. The van der Waals surface area contributed by atoms with E-state index < -0.39 is 5.41 Å². The van der Waals surface area contributed by atoms with E-state index in [0.717, 1.165) is 36.9 Å². The average molecular weight is 338 g/mol. The van der Waals surface area contributed by atoms with Crippen LogP contribution in [0.5, 0.6) is 0 Å². The van der Waals surface area contributed by atoms with Crippen LogP contribution in [0.1, 0.15) is 49.4 Å². The van der Waals surface area contributed by atoms with E-state index >= 15 is 0 Å². The third-order valence-electron chi connectivity index (χ3n) is 5.15. The van der Waals surface area contributed by atoms with Crippen molar-refractivity contribution in [1.29, 1.82) is 0 Å². The first-order chi connectivity index (χ1) is 12.3. The molecule has 1 aromatic carbocycles. The van der Waals surface area contributed by atoms with Gasteiger partial charge in [-0.05, 0) is 30.5 Å². The first kappa shape index (κ1) is 17.6. The van der Waals surface area contributed by atoms with Crippen molar-refractivity contribution in [2.75, 3.05) is 13.7 Å². The molecule has 3 rings (SSSR count). The normalized spacial score (nSPS) is 17.6. The van der Waals surface area contributed by atoms with Gasteiger partial charge in [0, 0.05) is 13.3 Å². The Bertz CT molecular complexity index is 667. The summed E-state index contributed by atoms with van der Waals surface area (Å²) >= 11 is 0. The number of amides is 1. The van der Waals surface area contributed by atoms with E-state index in [-0.39, 0.29) is 11.9 Å². The number of aromatic nitrogens is 1. The molecule has 0 spiro atoms. The summed E-state index contributed by atoms with van der Waals surface area (Å²) in [5.74, 6) is 0.0890. The number of hydrogen-bond acceptors (Lipinski definition) is 3. The highest BCUT2D eigenvalue weighted by Gasteiger charge is 2.41. The molecule has 2 aromatic rings. The summed E-state index contributed by atoms with van der Waals surface area (Å²) in [5, 5.41) is 3.22. The highest BCUT2D eigenvalue weighted by molar-refractivity contribution is 5.88. The third-order valence-corrected chi connectivity index (χ3v) is 5.15. The molecule has 1 amide bonds. The molecule has 1 fully saturated rings. The van der Waals surface area contributed by atoms with Crippen LogP contribution in [-0.4, -0.2) is 24.6 Å². The quantitative estimate of drug-likeness (QED) is 0.872. The molecular weight excluding hydrogens is 312 g/mol. The molecule has 1 unspecified atom stereocenters. The molecule has 0 saturated heterocycles. The number of rotatable bonds is 6. The SMILES string of the molecule is COCC(NC(=O)C1(c2ccccc2)CCCCC1)c1ccccn1. The van der Waals surface area contributed by atoms with Crippen LogP contribution in [0.15, 0.2) is 54.7 Å². The topological polar surface area (TPSA) is 51.2 Å². The zero-order chi connectivity index (χ0) is 17.5. The number of benzene rings is 1. The lowest BCUT2D eigenvalue weighted by molar-refractivity contribution is -0.129. The van der Waals surface area contributed by atoms with Crippen molar-refractivity contribution in [1.82, 2.24) is 10.3 Å². The number of carbonyl (C=O) groups excluding carboxylic acids is 1. The number of nitrogens with one attached hydrogen (secondary N) is 1. The number of nitrogens with zero attached hydrogens (tertiary/aromatic N) is 1. The van der Waals surface area contributed by atoms with E-state index in [4.69, 9.17) is 4.74 Å². The minimum atomic E-state index is -0.444. The molecule has 1 N–H and O–H groups in total. The van der Waals surface area contributed by atoms with E-state index in [9.17, 15) is 4.79 Å². The first-order valence-electron chi connectivity index (χ1n) is 9.02. The van der Waals surface area contributed by atoms with Gasteiger partial charge in [-0.2, -0.15) is 0 Å². The van der Waals surface area contributed by atoms with Crippen molar-refractivity contribution < 1.29 is 9.53 Å². The smallest absolute Gasteiger partial charge is 0.231 e. The van der Waals surface area contributed by atoms with E-state index in [0.29, 0.717) is 6.61 Å². The van der Waals surface area contributed by atoms with Gasteiger partial charge in [-0.25, -0.2) is 0 Å². The standard InChI is InChI=1S/C21H26N2O2/c1-25-16-19(18-12-6-9-15-22-18)23-20(24)21(13-7-3-8-14-21)17-10-4-2-5-11-17/h2,4-6,9-12,15,19H,3,7-8,13-14,16H2,1H3,(H,23,24). The summed E-state index contributed by atoms with van der Waals surface area (Å²) in [7, 11) is 1.65. The molecule has 1 aromatic heterocycles. The number of ether oxygens (including phenoxy) is 1. The fourth-order valence-corrected chi connectivity index (χ4v) is 3.81. The Morgan fingerprint density at radius 1 is 1.12 bits per heavy atom. The minimum Gasteiger partial charge on any atom is -0.382 e. The molecule has 1 atom stereocenters. The molecule has 25 heavy (non-hydrogen) atoms. The molecule has 1 aliphatic carbocycles. The van der Waals surface area contributed by atoms with Gasteiger partial charge in [0.15, 0.2) is 0 Å². The van der Waals surface area contributed by atoms with Crippen molar-refractivity contribution in [3.05, 3.63) is 66.0 Å². The second-order valence-corrected chi connectivity index (χ2v) is 6.74. The van der Waals surface area contributed by atoms with Crippen molar-refractivity contribution in [2.45, 2.75) is 43.6 Å². The molecule has 1 aliphatic rings. The van der Waals surface area contributed by atoms with Gasteiger partial charge >= 0.3 is 0 Å². The van der Waals surface area contributed by atoms with Crippen LogP contribution in [0.3, 0.4) is 0 Å². The summed E-state index contributed by atoms with van der Waals surface area (Å²) < 4.78 is 5.33. The van der Waals surface area contributed by atoms with Gasteiger partial charge in [0.2, 0.25) is 5.91 Å². The number of hydrogen-bond donors (Lipinski definition) is 1. The Labute approximate surface area is 149 Å². The van der Waals surface area contributed by atoms with Crippen molar-refractivity contribution >= 4 is 5.91 Å². The number of carbonyl (C=O) groups is 1. The lowest BCUT2D eigenvalue weighted by Gasteiger charge is -2.37. The van der Waals surface area contributed by atoms with E-state index in [1.807, 2.05) is 36.4 Å². The van der Waals surface area contributed by atoms with Gasteiger partial charge in [-0.1, -0.05) is 55.7 Å². The van der Waals surface area contributed by atoms with Crippen LogP contribution in [0.2, 0.25) is 0 Å². The van der Waals surface area contributed by atoms with E-state index in [1.165, 1.54) is 6.42 Å². The second kappa shape index (κ2) is 8.26. The van der Waals surface area contributed by atoms with Gasteiger partial charge in [0.05, 0.1) is 23.8 Å². The van der Waals surface area contributed by atoms with Crippen LogP contribution >= 0.6 is 0 Å². The predicted octanol–water partition coefficient (Wildman–Crippen LogP) is 3.79. The lowest BCUT2D eigenvalue weighted by Crippen LogP contribution is -2.47. The maximum atomic E-state index is 13.4. The molecule has 0 aliphatic heterocycles. The molecule has 4 nitrogen and oxygen atoms in total. The van der Waals surface area contributed by atoms with Gasteiger partial charge in [0.25, 0.3) is 0 Å². The predicted molar refractivity (Wildman–Crippen MR) is 98.2 cm³/mol. The van der Waals surface area contributed by atoms with E-state index in [2.05, 4.69) is 22.4 Å². The molecule has 1 saturated carbocycles. The Morgan fingerprint density at radius 3 is 2.48 bits per heavy atom. The Kier molecular flexibility index (Phi) is 5.82. The molecule has 132 valence electrons. The monoisotopic (exact) mass is 338 g/mol. The van der Waals surface area contributed by atoms with E-state index in [1.54, 1.807) is 13.3 Å². The second-order valence-electron chi connectivity index (χ2n) is 6.74. The van der Waals surface area contributed by atoms with Crippen LogP contribution in [0.25, 0.3) is 0 Å². The molecule has 4 heteroatoms. The van der Waals surface area contributed by atoms with Crippen LogP contribution < -0.4 is 5.32 Å². The zero-order valence-electron chi connectivity index (χ0n) is 14.8. The Balaban J connectivity index is 1.87. The average Bonchev–Trinajstić information content (AvgIpc) is 2.69. The lowest BCUT2D eigenvalue weighted by atomic mass is 9.68. The number of pyridine rings is 1. The van der Waals surface area contributed by atoms with Crippen molar-refractivity contribution in [2.24, 2.45) is 0 Å². The minimum absolute atomic E-state index is 0.0890. The summed E-state index contributed by atoms with van der Waals surface area (Å²) in [6, 6.07) is 15.7. The number of methoxy groups -OCH3 is 1. The largest absolute Gasteiger partial charge is 0.382 e. The van der Waals surface area contributed by atoms with Gasteiger partial charge in [-0.15, -0.1) is 0 Å². The Hall–Kier alpha value is -2.20. The van der Waals surface area contributed by atoms with Crippen LogP contribution in [-0.2, 0) is 14.9 Å². The van der Waals surface area contributed by atoms with Crippen molar-refractivity contribution in [3.8, 4) is 0 Å². The van der Waals surface area contributed by atoms with Crippen molar-refractivity contribution in [3.63, 3.8) is 0 Å². The summed E-state index contributed by atoms with van der Waals surface area (Å²) in [6.07, 6.45) is 6.90. The maximum absolute atomic E-state index is 13.4. The molecular formula is C21H26N2O2. The molecule has 1 heterocycles. The summed E-state index contributed by atoms with van der Waals surface area (Å²) in [4.78, 5) is 17.8. The summed E-state index contributed by atoms with van der Waals surface area (Å²) in [6.45, 7) is 0.410. The van der Waals surface area contributed by atoms with Crippen LogP contribution in [0.4, 0.5) is 0 Å². The third kappa shape index (κ3) is 3.90. The Morgan fingerprint density at radius 2 is 1.84 bits per heavy atom. The fourth-order valence-electron chi connectivity index (χ4n) is 3.81. The van der Waals surface area contributed by atoms with Crippen LogP contribution in [0, 0.1) is 0 Å². The van der Waals surface area contributed by atoms with Gasteiger partial charge < -0.3 is 10.1 Å². The first-order valence-corrected chi connectivity index (χ1v) is 9.02. The summed E-state index contributed by atoms with van der Waals surface area (Å²) in [5.41, 5.74) is 1.50. The highest BCUT2D eigenvalue weighted by Crippen LogP contribution is 2.40. The fraction of sp³-hybridized carbons (Fsp3) is 0.429. The highest BCUT2D eigenvalue weighted by atomic mass is 16.5.